The number of nitrogens with one attached hydrogen (secondary N) is 1. The second kappa shape index (κ2) is 9.00. The number of piperazine rings is 1. The van der Waals surface area contributed by atoms with Gasteiger partial charge in [0.15, 0.2) is 0 Å². The second-order valence-electron chi connectivity index (χ2n) is 5.55. The lowest BCUT2D eigenvalue weighted by Gasteiger charge is -2.40. The van der Waals surface area contributed by atoms with E-state index in [1.165, 1.54) is 0 Å². The van der Waals surface area contributed by atoms with Gasteiger partial charge in [-0.3, -0.25) is 9.59 Å². The summed E-state index contributed by atoms with van der Waals surface area (Å²) in [4.78, 5) is 26.2. The number of carbonyl (C=O) groups is 2. The van der Waals surface area contributed by atoms with Gasteiger partial charge in [-0.15, -0.1) is 0 Å². The second-order valence-corrected chi connectivity index (χ2v) is 5.55. The molecule has 0 radical (unpaired) electrons. The SMILES string of the molecule is CCC(C)C1C(=O)NC(C)C(=O)N1CCCOCCOC. The molecule has 3 unspecified atom stereocenters. The number of rotatable bonds is 9. The zero-order chi connectivity index (χ0) is 15.8. The van der Waals surface area contributed by atoms with Crippen LogP contribution in [0.5, 0.6) is 0 Å². The monoisotopic (exact) mass is 300 g/mol. The number of amides is 2. The van der Waals surface area contributed by atoms with Crippen LogP contribution in [0.4, 0.5) is 0 Å². The topological polar surface area (TPSA) is 67.9 Å². The Hall–Kier alpha value is -1.14. The fourth-order valence-corrected chi connectivity index (χ4v) is 2.51. The summed E-state index contributed by atoms with van der Waals surface area (Å²) in [5.41, 5.74) is 0. The summed E-state index contributed by atoms with van der Waals surface area (Å²) in [6.45, 7) is 8.01. The molecule has 0 aromatic carbocycles. The highest BCUT2D eigenvalue weighted by Gasteiger charge is 2.40. The average molecular weight is 300 g/mol. The minimum absolute atomic E-state index is 0.00297. The minimum atomic E-state index is -0.438. The Balaban J connectivity index is 2.55. The van der Waals surface area contributed by atoms with Gasteiger partial charge in [-0.2, -0.15) is 0 Å². The summed E-state index contributed by atoms with van der Waals surface area (Å²) in [7, 11) is 1.63. The summed E-state index contributed by atoms with van der Waals surface area (Å²) in [6, 6.07) is -0.801. The third-order valence-electron chi connectivity index (χ3n) is 3.92. The molecule has 0 spiro atoms. The van der Waals surface area contributed by atoms with Crippen LogP contribution in [0.25, 0.3) is 0 Å². The van der Waals surface area contributed by atoms with Crippen molar-refractivity contribution in [1.29, 1.82) is 0 Å². The number of ether oxygens (including phenoxy) is 2. The van der Waals surface area contributed by atoms with Crippen molar-refractivity contribution in [2.75, 3.05) is 33.5 Å². The highest BCUT2D eigenvalue weighted by Crippen LogP contribution is 2.20. The Morgan fingerprint density at radius 2 is 2.00 bits per heavy atom. The van der Waals surface area contributed by atoms with Crippen molar-refractivity contribution in [2.24, 2.45) is 5.92 Å². The lowest BCUT2D eigenvalue weighted by Crippen LogP contribution is -2.64. The lowest BCUT2D eigenvalue weighted by molar-refractivity contribution is -0.151. The Kier molecular flexibility index (Phi) is 7.67. The van der Waals surface area contributed by atoms with Crippen molar-refractivity contribution < 1.29 is 19.1 Å². The Morgan fingerprint density at radius 1 is 1.29 bits per heavy atom. The molecule has 3 atom stereocenters. The maximum absolute atomic E-state index is 12.3. The van der Waals surface area contributed by atoms with Crippen molar-refractivity contribution in [3.8, 4) is 0 Å². The summed E-state index contributed by atoms with van der Waals surface area (Å²) in [5.74, 6) is 0.101. The zero-order valence-electron chi connectivity index (χ0n) is 13.6. The maximum Gasteiger partial charge on any atom is 0.245 e. The molecule has 1 aliphatic rings. The quantitative estimate of drug-likeness (QED) is 0.640. The minimum Gasteiger partial charge on any atom is -0.382 e. The Morgan fingerprint density at radius 3 is 2.62 bits per heavy atom. The van der Waals surface area contributed by atoms with Gasteiger partial charge >= 0.3 is 0 Å². The highest BCUT2D eigenvalue weighted by molar-refractivity contribution is 5.96. The summed E-state index contributed by atoms with van der Waals surface area (Å²) in [6.07, 6.45) is 1.59. The Labute approximate surface area is 127 Å². The number of carbonyl (C=O) groups excluding carboxylic acids is 2. The fourth-order valence-electron chi connectivity index (χ4n) is 2.51. The van der Waals surface area contributed by atoms with Gasteiger partial charge in [0.25, 0.3) is 0 Å². The first-order chi connectivity index (χ1) is 10.0. The van der Waals surface area contributed by atoms with Gasteiger partial charge in [0.2, 0.25) is 11.8 Å². The molecular weight excluding hydrogens is 272 g/mol. The van der Waals surface area contributed by atoms with E-state index in [9.17, 15) is 9.59 Å². The van der Waals surface area contributed by atoms with Crippen LogP contribution in [0.1, 0.15) is 33.6 Å². The number of methoxy groups -OCH3 is 1. The molecule has 1 fully saturated rings. The maximum atomic E-state index is 12.3. The van der Waals surface area contributed by atoms with Crippen LogP contribution in [0.15, 0.2) is 0 Å². The largest absolute Gasteiger partial charge is 0.382 e. The van der Waals surface area contributed by atoms with E-state index < -0.39 is 6.04 Å². The lowest BCUT2D eigenvalue weighted by atomic mass is 9.93. The van der Waals surface area contributed by atoms with Crippen molar-refractivity contribution in [1.82, 2.24) is 10.2 Å². The third kappa shape index (κ3) is 4.97. The summed E-state index contributed by atoms with van der Waals surface area (Å²) >= 11 is 0. The summed E-state index contributed by atoms with van der Waals surface area (Å²) in [5, 5.41) is 2.76. The highest BCUT2D eigenvalue weighted by atomic mass is 16.5. The van der Waals surface area contributed by atoms with E-state index in [2.05, 4.69) is 5.32 Å². The van der Waals surface area contributed by atoms with Crippen molar-refractivity contribution in [3.63, 3.8) is 0 Å². The van der Waals surface area contributed by atoms with E-state index in [0.717, 1.165) is 12.8 Å². The number of nitrogens with zero attached hydrogens (tertiary/aromatic N) is 1. The van der Waals surface area contributed by atoms with E-state index in [4.69, 9.17) is 9.47 Å². The molecule has 0 bridgehead atoms. The first-order valence-corrected chi connectivity index (χ1v) is 7.70. The molecule has 21 heavy (non-hydrogen) atoms. The normalized spacial score (nSPS) is 24.1. The smallest absolute Gasteiger partial charge is 0.245 e. The molecule has 1 saturated heterocycles. The number of hydrogen-bond acceptors (Lipinski definition) is 4. The molecule has 0 aromatic rings. The van der Waals surface area contributed by atoms with Crippen LogP contribution < -0.4 is 5.32 Å². The predicted molar refractivity (Wildman–Crippen MR) is 79.9 cm³/mol. The predicted octanol–water partition coefficient (Wildman–Crippen LogP) is 0.801. The van der Waals surface area contributed by atoms with Gasteiger partial charge in [-0.05, 0) is 19.3 Å². The zero-order valence-corrected chi connectivity index (χ0v) is 13.6. The molecule has 6 heteroatoms. The van der Waals surface area contributed by atoms with E-state index >= 15 is 0 Å². The van der Waals surface area contributed by atoms with Gasteiger partial charge in [-0.1, -0.05) is 20.3 Å². The molecule has 1 aliphatic heterocycles. The molecule has 1 N–H and O–H groups in total. The molecular formula is C15H28N2O4. The molecule has 0 aliphatic carbocycles. The summed E-state index contributed by atoms with van der Waals surface area (Å²) < 4.78 is 10.3. The van der Waals surface area contributed by atoms with Gasteiger partial charge in [-0.25, -0.2) is 0 Å². The van der Waals surface area contributed by atoms with E-state index in [1.54, 1.807) is 18.9 Å². The van der Waals surface area contributed by atoms with Gasteiger partial charge in [0.1, 0.15) is 12.1 Å². The van der Waals surface area contributed by atoms with E-state index in [1.807, 2.05) is 13.8 Å². The number of hydrogen-bond donors (Lipinski definition) is 1. The molecule has 1 heterocycles. The molecule has 2 amide bonds. The first-order valence-electron chi connectivity index (χ1n) is 7.70. The molecule has 1 rings (SSSR count). The van der Waals surface area contributed by atoms with Crippen molar-refractivity contribution in [3.05, 3.63) is 0 Å². The Bertz CT molecular complexity index is 349. The fraction of sp³-hybridized carbons (Fsp3) is 0.867. The van der Waals surface area contributed by atoms with Crippen LogP contribution in [-0.2, 0) is 19.1 Å². The van der Waals surface area contributed by atoms with Gasteiger partial charge < -0.3 is 19.7 Å². The van der Waals surface area contributed by atoms with Crippen molar-refractivity contribution in [2.45, 2.75) is 45.7 Å². The van der Waals surface area contributed by atoms with E-state index in [-0.39, 0.29) is 23.8 Å². The van der Waals surface area contributed by atoms with Crippen LogP contribution in [0.3, 0.4) is 0 Å². The van der Waals surface area contributed by atoms with Crippen LogP contribution in [-0.4, -0.2) is 62.3 Å². The standard InChI is InChI=1S/C15H28N2O4/c1-5-11(2)13-14(18)16-12(3)15(19)17(13)7-6-8-21-10-9-20-4/h11-13H,5-10H2,1-4H3,(H,16,18). The first kappa shape index (κ1) is 17.9. The van der Waals surface area contributed by atoms with Crippen LogP contribution in [0, 0.1) is 5.92 Å². The van der Waals surface area contributed by atoms with E-state index in [0.29, 0.717) is 26.4 Å². The molecule has 0 saturated carbocycles. The van der Waals surface area contributed by atoms with Gasteiger partial charge in [0.05, 0.1) is 13.2 Å². The average Bonchev–Trinajstić information content (AvgIpc) is 2.46. The van der Waals surface area contributed by atoms with Crippen LogP contribution >= 0.6 is 0 Å². The van der Waals surface area contributed by atoms with Gasteiger partial charge in [0, 0.05) is 20.3 Å². The van der Waals surface area contributed by atoms with Crippen LogP contribution in [0.2, 0.25) is 0 Å². The molecule has 6 nitrogen and oxygen atoms in total. The molecule has 122 valence electrons. The third-order valence-corrected chi connectivity index (χ3v) is 3.92. The van der Waals surface area contributed by atoms with Crippen molar-refractivity contribution >= 4 is 11.8 Å². The molecule has 0 aromatic heterocycles.